The fourth-order valence-electron chi connectivity index (χ4n) is 20.5. The molecule has 12 N–H and O–H groups in total. The first-order chi connectivity index (χ1) is 67.9. The molecular formula is C128H116O12. The Morgan fingerprint density at radius 3 is 0.550 bits per heavy atom. The summed E-state index contributed by atoms with van der Waals surface area (Å²) in [7, 11) is 0. The minimum atomic E-state index is -0.755. The summed E-state index contributed by atoms with van der Waals surface area (Å²) < 4.78 is 0. The first-order valence-electron chi connectivity index (χ1n) is 48.0. The van der Waals surface area contributed by atoms with Gasteiger partial charge in [-0.15, -0.1) is 0 Å². The normalized spacial score (nSPS) is 13.0. The number of hydrogen-bond acceptors (Lipinski definition) is 12. The van der Waals surface area contributed by atoms with E-state index >= 15 is 0 Å². The lowest BCUT2D eigenvalue weighted by atomic mass is 9.69. The molecule has 140 heavy (non-hydrogen) atoms. The lowest BCUT2D eigenvalue weighted by molar-refractivity contribution is 0.443. The zero-order valence-corrected chi connectivity index (χ0v) is 79.0. The van der Waals surface area contributed by atoms with Crippen molar-refractivity contribution >= 4 is 0 Å². The van der Waals surface area contributed by atoms with Crippen molar-refractivity contribution < 1.29 is 61.3 Å². The summed E-state index contributed by atoms with van der Waals surface area (Å²) in [4.78, 5) is 0. The van der Waals surface area contributed by atoms with Gasteiger partial charge in [-0.3, -0.25) is 0 Å². The van der Waals surface area contributed by atoms with Crippen LogP contribution in [0, 0.1) is 0 Å². The minimum Gasteiger partial charge on any atom is -0.508 e. The number of phenolic OH excluding ortho intramolecular Hbond substituents is 12. The van der Waals surface area contributed by atoms with Crippen molar-refractivity contribution in [1.82, 2.24) is 0 Å². The molecule has 700 valence electrons. The Bertz CT molecular complexity index is 6970. The van der Waals surface area contributed by atoms with Crippen molar-refractivity contribution in [3.63, 3.8) is 0 Å². The van der Waals surface area contributed by atoms with Gasteiger partial charge in [0.1, 0.15) is 69.0 Å². The summed E-state index contributed by atoms with van der Waals surface area (Å²) in [5, 5.41) is 125. The molecular weight excluding hydrogens is 1730 g/mol. The molecule has 18 aromatic rings. The predicted molar refractivity (Wildman–Crippen MR) is 564 cm³/mol. The Hall–Kier alpha value is -16.4. The Morgan fingerprint density at radius 1 is 0.157 bits per heavy atom. The van der Waals surface area contributed by atoms with Crippen LogP contribution < -0.4 is 0 Å². The molecule has 2 fully saturated rings. The van der Waals surface area contributed by atoms with Crippen molar-refractivity contribution in [2.75, 3.05) is 0 Å². The summed E-state index contributed by atoms with van der Waals surface area (Å²) in [6.07, 6.45) is 12.9. The molecule has 0 amide bonds. The van der Waals surface area contributed by atoms with Crippen LogP contribution in [0.5, 0.6) is 69.0 Å². The van der Waals surface area contributed by atoms with Crippen LogP contribution in [0.25, 0.3) is 66.8 Å². The first kappa shape index (κ1) is 95.3. The Morgan fingerprint density at radius 2 is 0.329 bits per heavy atom. The van der Waals surface area contributed by atoms with Crippen LogP contribution in [0.3, 0.4) is 0 Å². The van der Waals surface area contributed by atoms with E-state index in [1.165, 1.54) is 92.0 Å². The summed E-state index contributed by atoms with van der Waals surface area (Å²) >= 11 is 0. The third kappa shape index (κ3) is 20.2. The molecule has 0 aromatic heterocycles. The smallest absolute Gasteiger partial charge is 0.123 e. The highest BCUT2D eigenvalue weighted by Gasteiger charge is 2.38. The molecule has 0 aliphatic heterocycles. The zero-order chi connectivity index (χ0) is 97.7. The number of aromatic hydroxyl groups is 12. The molecule has 2 aliphatic carbocycles. The van der Waals surface area contributed by atoms with Crippen LogP contribution in [-0.4, -0.2) is 61.3 Å². The summed E-state index contributed by atoms with van der Waals surface area (Å²) in [6.45, 7) is 8.63. The van der Waals surface area contributed by atoms with Crippen LogP contribution in [0.1, 0.15) is 182 Å². The number of phenols is 12. The van der Waals surface area contributed by atoms with Crippen LogP contribution in [0.4, 0.5) is 0 Å². The van der Waals surface area contributed by atoms with E-state index in [0.29, 0.717) is 56.3 Å². The highest BCUT2D eigenvalue weighted by molar-refractivity contribution is 5.82. The molecule has 0 radical (unpaired) electrons. The topological polar surface area (TPSA) is 243 Å². The van der Waals surface area contributed by atoms with E-state index < -0.39 is 16.2 Å². The van der Waals surface area contributed by atoms with Gasteiger partial charge in [-0.05, 0) is 287 Å². The molecule has 0 spiro atoms. The summed E-state index contributed by atoms with van der Waals surface area (Å²) in [6, 6.07) is 135. The molecule has 20 rings (SSSR count). The van der Waals surface area contributed by atoms with E-state index in [1.807, 2.05) is 158 Å². The number of para-hydroxylation sites is 4. The van der Waals surface area contributed by atoms with Gasteiger partial charge in [0.15, 0.2) is 0 Å². The standard InChI is InChI=1S/C38H36O4.C38H30O4.C26H28O2.C26H22O2/c2*1-38(27-17-15-26(16-18-27)25-9-3-2-4-10-25,28-19-21-36(41)32(23-28)30-11-5-7-13-34(30)39)29-20-22-37(42)33(24-29)31-12-6-8-14-35(31)40;2*1-26(22-11-15-24(27)16-12-22,23-13-17-25(28)18-14-23)21-9-7-20(8-10-21)19-5-3-2-4-6-19/h5-8,11-25,39-42H,2-4,9-10H2,1H3;2-24,39-42H,1H3;7-19,27-28H,2-6H2,1H3;2-18,27-28H,1H3. The van der Waals surface area contributed by atoms with Crippen molar-refractivity contribution in [3.05, 3.63) is 503 Å². The molecule has 0 bridgehead atoms. The van der Waals surface area contributed by atoms with Gasteiger partial charge in [0.05, 0.1) is 0 Å². The number of benzene rings is 18. The predicted octanol–water partition coefficient (Wildman–Crippen LogP) is 30.7. The van der Waals surface area contributed by atoms with Gasteiger partial charge in [-0.2, -0.15) is 0 Å². The monoisotopic (exact) mass is 1840 g/mol. The Balaban J connectivity index is 0.000000131. The first-order valence-corrected chi connectivity index (χ1v) is 48.0. The third-order valence-corrected chi connectivity index (χ3v) is 29.1. The SMILES string of the molecule is CC(c1ccc(-c2ccccc2)cc1)(c1ccc(O)c(-c2ccccc2O)c1)c1ccc(O)c(-c2ccccc2O)c1.CC(c1ccc(C2CCCCC2)cc1)(c1ccc(O)c(-c2ccccc2O)c1)c1ccc(O)c(-c2ccccc2O)c1.CC(c1ccc(O)cc1)(c1ccc(O)cc1)c1ccc(-c2ccccc2)cc1.CC(c1ccc(O)cc1)(c1ccc(O)cc1)c1ccc(C2CCCCC2)cc1. The second-order valence-electron chi connectivity index (χ2n) is 37.5. The largest absolute Gasteiger partial charge is 0.508 e. The average molecular weight is 1850 g/mol. The number of rotatable bonds is 20. The lowest BCUT2D eigenvalue weighted by Gasteiger charge is -2.33. The van der Waals surface area contributed by atoms with E-state index in [-0.39, 0.29) is 74.4 Å². The third-order valence-electron chi connectivity index (χ3n) is 29.1. The van der Waals surface area contributed by atoms with Gasteiger partial charge in [0, 0.05) is 66.2 Å². The molecule has 0 unspecified atom stereocenters. The maximum absolute atomic E-state index is 10.9. The molecule has 2 aliphatic rings. The highest BCUT2D eigenvalue weighted by atomic mass is 16.3. The lowest BCUT2D eigenvalue weighted by Crippen LogP contribution is -2.25. The van der Waals surface area contributed by atoms with Crippen LogP contribution in [-0.2, 0) is 21.7 Å². The van der Waals surface area contributed by atoms with Crippen LogP contribution in [0.15, 0.2) is 425 Å². The Labute approximate surface area is 819 Å². The average Bonchev–Trinajstić information content (AvgIpc) is 0.729. The molecule has 12 nitrogen and oxygen atoms in total. The van der Waals surface area contributed by atoms with Crippen LogP contribution in [0.2, 0.25) is 0 Å². The highest BCUT2D eigenvalue weighted by Crippen LogP contribution is 2.52. The van der Waals surface area contributed by atoms with Crippen LogP contribution >= 0.6 is 0 Å². The second kappa shape index (κ2) is 42.0. The van der Waals surface area contributed by atoms with E-state index in [4.69, 9.17) is 0 Å². The quantitative estimate of drug-likeness (QED) is 0.0319. The van der Waals surface area contributed by atoms with E-state index in [0.717, 1.165) is 72.3 Å². The Kier molecular flexibility index (Phi) is 28.6. The molecule has 0 saturated heterocycles. The van der Waals surface area contributed by atoms with Gasteiger partial charge in [0.2, 0.25) is 0 Å². The fourth-order valence-corrected chi connectivity index (χ4v) is 20.5. The van der Waals surface area contributed by atoms with Gasteiger partial charge in [-0.1, -0.05) is 342 Å². The molecule has 18 aromatic carbocycles. The zero-order valence-electron chi connectivity index (χ0n) is 79.0. The maximum Gasteiger partial charge on any atom is 0.123 e. The van der Waals surface area contributed by atoms with Crippen molar-refractivity contribution in [3.8, 4) is 136 Å². The molecule has 12 heteroatoms. The molecule has 0 heterocycles. The molecule has 2 saturated carbocycles. The van der Waals surface area contributed by atoms with E-state index in [2.05, 4.69) is 149 Å². The molecule has 0 atom stereocenters. The van der Waals surface area contributed by atoms with Gasteiger partial charge in [-0.25, -0.2) is 0 Å². The summed E-state index contributed by atoms with van der Waals surface area (Å²) in [5.41, 5.74) is 21.7. The summed E-state index contributed by atoms with van der Waals surface area (Å²) in [5.74, 6) is 2.91. The van der Waals surface area contributed by atoms with E-state index in [9.17, 15) is 61.3 Å². The minimum absolute atomic E-state index is 0.0580. The van der Waals surface area contributed by atoms with Gasteiger partial charge >= 0.3 is 0 Å². The van der Waals surface area contributed by atoms with Crippen molar-refractivity contribution in [1.29, 1.82) is 0 Å². The maximum atomic E-state index is 10.9. The van der Waals surface area contributed by atoms with Gasteiger partial charge in [0.25, 0.3) is 0 Å². The number of hydrogen-bond donors (Lipinski definition) is 12. The van der Waals surface area contributed by atoms with Crippen molar-refractivity contribution in [2.45, 2.75) is 125 Å². The van der Waals surface area contributed by atoms with Crippen molar-refractivity contribution in [2.24, 2.45) is 0 Å². The van der Waals surface area contributed by atoms with Gasteiger partial charge < -0.3 is 61.3 Å². The van der Waals surface area contributed by atoms with E-state index in [1.54, 1.807) is 146 Å². The second-order valence-corrected chi connectivity index (χ2v) is 37.5. The fraction of sp³-hybridized carbons (Fsp3) is 0.156.